The quantitative estimate of drug-likeness (QED) is 0.651. The first-order valence-electron chi connectivity index (χ1n) is 6.40. The first kappa shape index (κ1) is 13.7. The number of hydrogen-bond donors (Lipinski definition) is 2. The van der Waals surface area contributed by atoms with Crippen LogP contribution >= 0.6 is 0 Å². The number of imide groups is 1. The summed E-state index contributed by atoms with van der Waals surface area (Å²) < 4.78 is 0. The predicted molar refractivity (Wildman–Crippen MR) is 72.1 cm³/mol. The molecule has 0 aromatic heterocycles. The molecular weight excluding hydrogens is 242 g/mol. The van der Waals surface area contributed by atoms with Gasteiger partial charge in [-0.3, -0.25) is 14.9 Å². The molecule has 1 aliphatic heterocycles. The normalized spacial score (nSPS) is 30.0. The zero-order valence-corrected chi connectivity index (χ0v) is 11.5. The molecule has 4 heteroatoms. The molecule has 0 aromatic rings. The lowest BCUT2D eigenvalue weighted by Crippen LogP contribution is -2.33. The molecule has 0 saturated heterocycles. The molecule has 2 N–H and O–H groups in total. The Morgan fingerprint density at radius 1 is 1.32 bits per heavy atom. The Balaban J connectivity index is 2.62. The van der Waals surface area contributed by atoms with Crippen molar-refractivity contribution in [2.75, 3.05) is 0 Å². The minimum absolute atomic E-state index is 0.237. The number of carbonyl (C=O) groups excluding carboxylic acids is 2. The van der Waals surface area contributed by atoms with E-state index in [1.165, 1.54) is 0 Å². The molecule has 0 bridgehead atoms. The van der Waals surface area contributed by atoms with Crippen molar-refractivity contribution in [1.29, 1.82) is 0 Å². The van der Waals surface area contributed by atoms with Crippen molar-refractivity contribution in [3.8, 4) is 0 Å². The van der Waals surface area contributed by atoms with E-state index in [-0.39, 0.29) is 11.0 Å². The summed E-state index contributed by atoms with van der Waals surface area (Å²) in [7, 11) is 0. The zero-order valence-electron chi connectivity index (χ0n) is 11.5. The SMILES string of the molecule is C=C1C2=C(C(=O)NC2=O)/C(C)=C\CCC(C)(C)C1O. The average molecular weight is 261 g/mol. The number of rotatable bonds is 0. The molecule has 19 heavy (non-hydrogen) atoms. The van der Waals surface area contributed by atoms with E-state index in [9.17, 15) is 14.7 Å². The van der Waals surface area contributed by atoms with E-state index in [4.69, 9.17) is 0 Å². The first-order valence-corrected chi connectivity index (χ1v) is 6.40. The Kier molecular flexibility index (Phi) is 3.22. The Morgan fingerprint density at radius 3 is 2.53 bits per heavy atom. The lowest BCUT2D eigenvalue weighted by Gasteiger charge is -2.31. The number of carbonyl (C=O) groups is 2. The van der Waals surface area contributed by atoms with E-state index < -0.39 is 17.9 Å². The van der Waals surface area contributed by atoms with E-state index in [2.05, 4.69) is 11.9 Å². The van der Waals surface area contributed by atoms with Crippen molar-refractivity contribution in [3.05, 3.63) is 34.9 Å². The fourth-order valence-electron chi connectivity index (χ4n) is 2.65. The maximum absolute atomic E-state index is 11.9. The van der Waals surface area contributed by atoms with Crippen LogP contribution in [0.15, 0.2) is 34.9 Å². The van der Waals surface area contributed by atoms with Crippen molar-refractivity contribution in [2.45, 2.75) is 39.7 Å². The average Bonchev–Trinajstić information content (AvgIpc) is 2.61. The van der Waals surface area contributed by atoms with Crippen LogP contribution in [0.4, 0.5) is 0 Å². The second-order valence-corrected chi connectivity index (χ2v) is 5.88. The van der Waals surface area contributed by atoms with Crippen LogP contribution in [0.5, 0.6) is 0 Å². The maximum atomic E-state index is 11.9. The summed E-state index contributed by atoms with van der Waals surface area (Å²) in [5, 5.41) is 12.7. The molecule has 2 rings (SSSR count). The summed E-state index contributed by atoms with van der Waals surface area (Å²) >= 11 is 0. The van der Waals surface area contributed by atoms with Crippen LogP contribution < -0.4 is 5.32 Å². The van der Waals surface area contributed by atoms with Gasteiger partial charge in [-0.2, -0.15) is 0 Å². The van der Waals surface area contributed by atoms with Gasteiger partial charge >= 0.3 is 0 Å². The largest absolute Gasteiger partial charge is 0.388 e. The second kappa shape index (κ2) is 4.46. The molecule has 1 unspecified atom stereocenters. The summed E-state index contributed by atoms with van der Waals surface area (Å²) in [6.07, 6.45) is 2.62. The highest BCUT2D eigenvalue weighted by Crippen LogP contribution is 2.38. The Labute approximate surface area is 112 Å². The van der Waals surface area contributed by atoms with Gasteiger partial charge in [0.15, 0.2) is 0 Å². The third kappa shape index (κ3) is 2.16. The van der Waals surface area contributed by atoms with E-state index in [0.29, 0.717) is 11.1 Å². The maximum Gasteiger partial charge on any atom is 0.259 e. The van der Waals surface area contributed by atoms with E-state index in [0.717, 1.165) is 18.4 Å². The van der Waals surface area contributed by atoms with E-state index in [1.807, 2.05) is 26.8 Å². The fraction of sp³-hybridized carbons (Fsp3) is 0.467. The predicted octanol–water partition coefficient (Wildman–Crippen LogP) is 1.62. The van der Waals surface area contributed by atoms with Gasteiger partial charge in [0.25, 0.3) is 11.8 Å². The molecule has 0 saturated carbocycles. The monoisotopic (exact) mass is 261 g/mol. The van der Waals surface area contributed by atoms with Crippen molar-refractivity contribution in [2.24, 2.45) is 5.41 Å². The summed E-state index contributed by atoms with van der Waals surface area (Å²) in [4.78, 5) is 23.8. The summed E-state index contributed by atoms with van der Waals surface area (Å²) in [5.41, 5.74) is 1.30. The van der Waals surface area contributed by atoms with E-state index >= 15 is 0 Å². The van der Waals surface area contributed by atoms with Gasteiger partial charge in [0.1, 0.15) is 0 Å². The number of aliphatic hydroxyl groups excluding tert-OH is 1. The van der Waals surface area contributed by atoms with E-state index in [1.54, 1.807) is 0 Å². The fourth-order valence-corrected chi connectivity index (χ4v) is 2.65. The number of hydrogen-bond acceptors (Lipinski definition) is 3. The molecule has 1 atom stereocenters. The van der Waals surface area contributed by atoms with Gasteiger partial charge in [0.2, 0.25) is 0 Å². The van der Waals surface area contributed by atoms with Gasteiger partial charge in [0.05, 0.1) is 17.3 Å². The molecule has 0 spiro atoms. The number of amides is 2. The van der Waals surface area contributed by atoms with Gasteiger partial charge in [-0.15, -0.1) is 0 Å². The van der Waals surface area contributed by atoms with Gasteiger partial charge in [-0.05, 0) is 36.3 Å². The highest BCUT2D eigenvalue weighted by molar-refractivity contribution is 6.23. The van der Waals surface area contributed by atoms with Crippen LogP contribution in [0, 0.1) is 5.41 Å². The third-order valence-corrected chi connectivity index (χ3v) is 3.96. The summed E-state index contributed by atoms with van der Waals surface area (Å²) in [5.74, 6) is -0.865. The Hall–Kier alpha value is -1.68. The van der Waals surface area contributed by atoms with Crippen molar-refractivity contribution in [3.63, 3.8) is 0 Å². The standard InChI is InChI=1S/C15H19NO3/c1-8-6-5-7-15(3,4)12(17)9(2)11-10(8)13(18)16-14(11)19/h6,12,17H,2,5,7H2,1,3-4H3,(H,16,18,19)/b8-6-. The van der Waals surface area contributed by atoms with Crippen LogP contribution in [-0.2, 0) is 9.59 Å². The number of nitrogens with one attached hydrogen (secondary N) is 1. The van der Waals surface area contributed by atoms with Crippen LogP contribution in [0.1, 0.15) is 33.6 Å². The smallest absolute Gasteiger partial charge is 0.259 e. The number of aliphatic hydroxyl groups is 1. The molecule has 0 fully saturated rings. The Bertz CT molecular complexity index is 538. The molecule has 2 aliphatic rings. The molecule has 1 aliphatic carbocycles. The molecule has 102 valence electrons. The first-order chi connectivity index (χ1) is 8.75. The summed E-state index contributed by atoms with van der Waals surface area (Å²) in [6.45, 7) is 9.53. The highest BCUT2D eigenvalue weighted by Gasteiger charge is 2.39. The second-order valence-electron chi connectivity index (χ2n) is 5.88. The van der Waals surface area contributed by atoms with Crippen LogP contribution in [-0.4, -0.2) is 23.0 Å². The van der Waals surface area contributed by atoms with Crippen molar-refractivity contribution >= 4 is 11.8 Å². The number of allylic oxidation sites excluding steroid dienone is 1. The summed E-state index contributed by atoms with van der Waals surface area (Å²) in [6, 6.07) is 0. The van der Waals surface area contributed by atoms with Crippen LogP contribution in [0.3, 0.4) is 0 Å². The van der Waals surface area contributed by atoms with Gasteiger partial charge < -0.3 is 5.11 Å². The van der Waals surface area contributed by atoms with Crippen LogP contribution in [0.25, 0.3) is 0 Å². The zero-order chi connectivity index (χ0) is 14.4. The lowest BCUT2D eigenvalue weighted by atomic mass is 9.77. The molecule has 1 heterocycles. The van der Waals surface area contributed by atoms with Gasteiger partial charge in [-0.25, -0.2) is 0 Å². The van der Waals surface area contributed by atoms with Crippen molar-refractivity contribution in [1.82, 2.24) is 5.32 Å². The molecule has 0 aromatic carbocycles. The van der Waals surface area contributed by atoms with Gasteiger partial charge in [-0.1, -0.05) is 26.5 Å². The highest BCUT2D eigenvalue weighted by atomic mass is 16.3. The molecular formula is C15H19NO3. The van der Waals surface area contributed by atoms with Crippen molar-refractivity contribution < 1.29 is 14.7 Å². The molecule has 4 nitrogen and oxygen atoms in total. The molecule has 2 amide bonds. The topological polar surface area (TPSA) is 66.4 Å². The minimum Gasteiger partial charge on any atom is -0.388 e. The van der Waals surface area contributed by atoms with Crippen LogP contribution in [0.2, 0.25) is 0 Å². The van der Waals surface area contributed by atoms with Gasteiger partial charge in [0, 0.05) is 0 Å². The lowest BCUT2D eigenvalue weighted by molar-refractivity contribution is -0.124. The molecule has 0 radical (unpaired) electrons. The Morgan fingerprint density at radius 2 is 1.89 bits per heavy atom. The third-order valence-electron chi connectivity index (χ3n) is 3.96. The minimum atomic E-state index is -0.839.